The van der Waals surface area contributed by atoms with Gasteiger partial charge in [0.05, 0.1) is 6.20 Å². The highest BCUT2D eigenvalue weighted by molar-refractivity contribution is 7.81. The van der Waals surface area contributed by atoms with Crippen LogP contribution >= 0.6 is 12.2 Å². The Balaban J connectivity index is 2.12. The number of benzene rings is 1. The maximum Gasteiger partial charge on any atom is 0.149 e. The molecule has 0 aliphatic carbocycles. The maximum absolute atomic E-state index is 5.22. The first kappa shape index (κ1) is 9.73. The molecular weight excluding hydrogens is 206 g/mol. The van der Waals surface area contributed by atoms with E-state index in [2.05, 4.69) is 15.3 Å². The zero-order chi connectivity index (χ0) is 10.5. The summed E-state index contributed by atoms with van der Waals surface area (Å²) in [4.78, 5) is 8.68. The number of hydrogen-bond donors (Lipinski definition) is 1. The molecule has 0 amide bonds. The first-order valence-corrected chi connectivity index (χ1v) is 4.89. The molecule has 4 heteroatoms. The van der Waals surface area contributed by atoms with Crippen LogP contribution in [-0.4, -0.2) is 15.0 Å². The van der Waals surface area contributed by atoms with Gasteiger partial charge in [-0.2, -0.15) is 0 Å². The Hall–Kier alpha value is -1.81. The Kier molecular flexibility index (Phi) is 2.99. The summed E-state index contributed by atoms with van der Waals surface area (Å²) in [6, 6.07) is 9.74. The summed E-state index contributed by atoms with van der Waals surface area (Å²) in [5, 5.41) is 3.02. The zero-order valence-electron chi connectivity index (χ0n) is 7.92. The van der Waals surface area contributed by atoms with Crippen molar-refractivity contribution in [2.45, 2.75) is 0 Å². The van der Waals surface area contributed by atoms with Crippen molar-refractivity contribution in [3.63, 3.8) is 0 Å². The van der Waals surface area contributed by atoms with Crippen molar-refractivity contribution < 1.29 is 0 Å². The standard InChI is InChI=1S/C11H9N3S/c15-11(9-4-2-1-3-5-9)14-10-8-12-6-7-13-10/h1-8H,(H,13,14,15). The fraction of sp³-hybridized carbons (Fsp3) is 0. The van der Waals surface area contributed by atoms with Gasteiger partial charge in [-0.05, 0) is 0 Å². The van der Waals surface area contributed by atoms with Crippen molar-refractivity contribution in [3.05, 3.63) is 54.5 Å². The second-order valence-electron chi connectivity index (χ2n) is 2.91. The molecule has 3 nitrogen and oxygen atoms in total. The van der Waals surface area contributed by atoms with Crippen molar-refractivity contribution in [1.29, 1.82) is 0 Å². The lowest BCUT2D eigenvalue weighted by Gasteiger charge is -2.05. The molecule has 1 N–H and O–H groups in total. The highest BCUT2D eigenvalue weighted by Gasteiger charge is 2.00. The maximum atomic E-state index is 5.22. The number of rotatable bonds is 2. The van der Waals surface area contributed by atoms with E-state index in [9.17, 15) is 0 Å². The lowest BCUT2D eigenvalue weighted by molar-refractivity contribution is 1.21. The zero-order valence-corrected chi connectivity index (χ0v) is 8.74. The molecule has 0 saturated heterocycles. The molecule has 1 aromatic heterocycles. The van der Waals surface area contributed by atoms with Gasteiger partial charge in [0, 0.05) is 18.0 Å². The highest BCUT2D eigenvalue weighted by Crippen LogP contribution is 2.05. The average molecular weight is 215 g/mol. The van der Waals surface area contributed by atoms with E-state index in [4.69, 9.17) is 12.2 Å². The van der Waals surface area contributed by atoms with Crippen LogP contribution in [0.1, 0.15) is 5.56 Å². The average Bonchev–Trinajstić information content (AvgIpc) is 2.31. The van der Waals surface area contributed by atoms with E-state index in [1.54, 1.807) is 18.6 Å². The Labute approximate surface area is 93.2 Å². The predicted molar refractivity (Wildman–Crippen MR) is 63.8 cm³/mol. The molecule has 74 valence electrons. The smallest absolute Gasteiger partial charge is 0.149 e. The minimum Gasteiger partial charge on any atom is -0.330 e. The molecule has 0 bridgehead atoms. The highest BCUT2D eigenvalue weighted by atomic mass is 32.1. The SMILES string of the molecule is S=C(Nc1cnccn1)c1ccccc1. The molecule has 0 unspecified atom stereocenters. The van der Waals surface area contributed by atoms with E-state index < -0.39 is 0 Å². The van der Waals surface area contributed by atoms with Crippen molar-refractivity contribution in [3.8, 4) is 0 Å². The third-order valence-corrected chi connectivity index (χ3v) is 2.18. The number of aromatic nitrogens is 2. The number of anilines is 1. The van der Waals surface area contributed by atoms with Gasteiger partial charge in [-0.3, -0.25) is 4.98 Å². The second kappa shape index (κ2) is 4.61. The van der Waals surface area contributed by atoms with E-state index in [-0.39, 0.29) is 0 Å². The normalized spacial score (nSPS) is 9.60. The number of thiocarbonyl (C=S) groups is 1. The van der Waals surface area contributed by atoms with Gasteiger partial charge in [-0.1, -0.05) is 42.5 Å². The summed E-state index contributed by atoms with van der Waals surface area (Å²) in [7, 11) is 0. The third kappa shape index (κ3) is 2.57. The lowest BCUT2D eigenvalue weighted by Crippen LogP contribution is -2.11. The van der Waals surface area contributed by atoms with Crippen LogP contribution < -0.4 is 5.32 Å². The van der Waals surface area contributed by atoms with Crippen LogP contribution in [0, 0.1) is 0 Å². The fourth-order valence-electron chi connectivity index (χ4n) is 1.14. The van der Waals surface area contributed by atoms with Gasteiger partial charge in [-0.15, -0.1) is 0 Å². The fourth-order valence-corrected chi connectivity index (χ4v) is 1.38. The molecule has 15 heavy (non-hydrogen) atoms. The van der Waals surface area contributed by atoms with Crippen LogP contribution in [0.15, 0.2) is 48.9 Å². The summed E-state index contributed by atoms with van der Waals surface area (Å²) in [6.45, 7) is 0. The molecule has 0 aliphatic heterocycles. The van der Waals surface area contributed by atoms with Gasteiger partial charge >= 0.3 is 0 Å². The largest absolute Gasteiger partial charge is 0.330 e. The van der Waals surface area contributed by atoms with Gasteiger partial charge in [0.1, 0.15) is 10.8 Å². The number of nitrogens with one attached hydrogen (secondary N) is 1. The Morgan fingerprint density at radius 3 is 2.60 bits per heavy atom. The van der Waals surface area contributed by atoms with E-state index in [1.807, 2.05) is 30.3 Å². The van der Waals surface area contributed by atoms with Crippen LogP contribution in [-0.2, 0) is 0 Å². The van der Waals surface area contributed by atoms with E-state index in [1.165, 1.54) is 0 Å². The van der Waals surface area contributed by atoms with Crippen LogP contribution in [0.25, 0.3) is 0 Å². The van der Waals surface area contributed by atoms with Gasteiger partial charge < -0.3 is 5.32 Å². The molecule has 0 fully saturated rings. The lowest BCUT2D eigenvalue weighted by atomic mass is 10.2. The molecule has 1 heterocycles. The van der Waals surface area contributed by atoms with Crippen molar-refractivity contribution in [2.75, 3.05) is 5.32 Å². The minimum absolute atomic E-state index is 0.649. The molecular formula is C11H9N3S. The molecule has 0 spiro atoms. The summed E-state index contributed by atoms with van der Waals surface area (Å²) < 4.78 is 0. The Morgan fingerprint density at radius 2 is 1.93 bits per heavy atom. The molecule has 2 aromatic rings. The molecule has 1 aromatic carbocycles. The monoisotopic (exact) mass is 215 g/mol. The summed E-state index contributed by atoms with van der Waals surface area (Å²) in [5.41, 5.74) is 0.971. The van der Waals surface area contributed by atoms with Crippen LogP contribution in [0.5, 0.6) is 0 Å². The summed E-state index contributed by atoms with van der Waals surface area (Å²) in [6.07, 6.45) is 4.88. The molecule has 0 saturated carbocycles. The third-order valence-electron chi connectivity index (χ3n) is 1.84. The first-order valence-electron chi connectivity index (χ1n) is 4.49. The van der Waals surface area contributed by atoms with Crippen LogP contribution in [0.2, 0.25) is 0 Å². The van der Waals surface area contributed by atoms with E-state index >= 15 is 0 Å². The number of nitrogens with zero attached hydrogens (tertiary/aromatic N) is 2. The number of hydrogen-bond acceptors (Lipinski definition) is 3. The van der Waals surface area contributed by atoms with Gasteiger partial charge in [0.25, 0.3) is 0 Å². The van der Waals surface area contributed by atoms with Crippen LogP contribution in [0.4, 0.5) is 5.82 Å². The van der Waals surface area contributed by atoms with E-state index in [0.717, 1.165) is 5.56 Å². The van der Waals surface area contributed by atoms with E-state index in [0.29, 0.717) is 10.8 Å². The first-order chi connectivity index (χ1) is 7.36. The summed E-state index contributed by atoms with van der Waals surface area (Å²) >= 11 is 5.22. The summed E-state index contributed by atoms with van der Waals surface area (Å²) in [5.74, 6) is 0.659. The molecule has 2 rings (SSSR count). The van der Waals surface area contributed by atoms with Crippen molar-refractivity contribution in [1.82, 2.24) is 9.97 Å². The Bertz CT molecular complexity index is 442. The topological polar surface area (TPSA) is 37.8 Å². The molecule has 0 aliphatic rings. The Morgan fingerprint density at radius 1 is 1.13 bits per heavy atom. The quantitative estimate of drug-likeness (QED) is 0.780. The van der Waals surface area contributed by atoms with Gasteiger partial charge in [0.15, 0.2) is 0 Å². The van der Waals surface area contributed by atoms with Gasteiger partial charge in [0.2, 0.25) is 0 Å². The van der Waals surface area contributed by atoms with Gasteiger partial charge in [-0.25, -0.2) is 4.98 Å². The predicted octanol–water partition coefficient (Wildman–Crippen LogP) is 2.26. The van der Waals surface area contributed by atoms with Crippen molar-refractivity contribution >= 4 is 23.0 Å². The molecule has 0 radical (unpaired) electrons. The minimum atomic E-state index is 0.649. The van der Waals surface area contributed by atoms with Crippen LogP contribution in [0.3, 0.4) is 0 Å². The van der Waals surface area contributed by atoms with Crippen molar-refractivity contribution in [2.24, 2.45) is 0 Å². The molecule has 0 atom stereocenters. The second-order valence-corrected chi connectivity index (χ2v) is 3.32.